The van der Waals surface area contributed by atoms with Crippen molar-refractivity contribution >= 4 is 69.9 Å². The second-order valence-corrected chi connectivity index (χ2v) is 6.63. The molecule has 15 heavy (non-hydrogen) atoms. The van der Waals surface area contributed by atoms with Gasteiger partial charge in [-0.15, -0.1) is 10.2 Å². The summed E-state index contributed by atoms with van der Waals surface area (Å²) in [6, 6.07) is 5.89. The number of hydrogen-bond donors (Lipinski definition) is 1. The maximum Gasteiger partial charge on any atom is 0.210 e. The lowest BCUT2D eigenvalue weighted by Gasteiger charge is -2.04. The molecule has 78 valence electrons. The number of halogens is 3. The molecule has 0 bridgehead atoms. The Morgan fingerprint density at radius 2 is 1.93 bits per heavy atom. The third-order valence-electron chi connectivity index (χ3n) is 1.57. The quantitative estimate of drug-likeness (QED) is 0.783. The Bertz CT molecular complexity index is 486. The average Bonchev–Trinajstić information content (AvgIpc) is 2.56. The molecule has 0 aliphatic heterocycles. The Labute approximate surface area is 116 Å². The zero-order valence-corrected chi connectivity index (χ0v) is 12.7. The van der Waals surface area contributed by atoms with E-state index in [1.165, 1.54) is 11.3 Å². The monoisotopic (exact) mass is 411 g/mol. The number of benzene rings is 1. The summed E-state index contributed by atoms with van der Waals surface area (Å²) in [6.07, 6.45) is 0. The van der Waals surface area contributed by atoms with Gasteiger partial charge in [0, 0.05) is 8.95 Å². The fourth-order valence-corrected chi connectivity index (χ4v) is 3.13. The third-order valence-corrected chi connectivity index (χ3v) is 3.99. The zero-order valence-electron chi connectivity index (χ0n) is 7.17. The summed E-state index contributed by atoms with van der Waals surface area (Å²) in [5.41, 5.74) is 0.960. The smallest absolute Gasteiger partial charge is 0.210 e. The molecule has 0 spiro atoms. The molecule has 0 radical (unpaired) electrons. The van der Waals surface area contributed by atoms with E-state index in [1.807, 2.05) is 18.2 Å². The van der Waals surface area contributed by atoms with E-state index in [4.69, 9.17) is 0 Å². The Morgan fingerprint density at radius 3 is 2.53 bits per heavy atom. The van der Waals surface area contributed by atoms with Crippen LogP contribution in [0.4, 0.5) is 10.8 Å². The Morgan fingerprint density at radius 1 is 1.13 bits per heavy atom. The van der Waals surface area contributed by atoms with Gasteiger partial charge in [0.15, 0.2) is 3.92 Å². The van der Waals surface area contributed by atoms with Crippen molar-refractivity contribution in [3.8, 4) is 0 Å². The minimum atomic E-state index is 0.755. The number of nitrogens with one attached hydrogen (secondary N) is 1. The van der Waals surface area contributed by atoms with Crippen LogP contribution in [-0.4, -0.2) is 10.2 Å². The molecule has 0 amide bonds. The molecule has 0 unspecified atom stereocenters. The summed E-state index contributed by atoms with van der Waals surface area (Å²) >= 11 is 11.6. The van der Waals surface area contributed by atoms with Crippen molar-refractivity contribution < 1.29 is 0 Å². The number of nitrogens with zero attached hydrogens (tertiary/aromatic N) is 2. The molecule has 0 atom stereocenters. The summed E-state index contributed by atoms with van der Waals surface area (Å²) in [6.45, 7) is 0. The van der Waals surface area contributed by atoms with Gasteiger partial charge in [-0.1, -0.05) is 27.3 Å². The molecular formula is C8H4Br3N3S. The minimum Gasteiger partial charge on any atom is -0.329 e. The molecule has 1 aromatic carbocycles. The van der Waals surface area contributed by atoms with Crippen LogP contribution in [-0.2, 0) is 0 Å². The van der Waals surface area contributed by atoms with E-state index in [-0.39, 0.29) is 0 Å². The molecule has 0 saturated carbocycles. The number of anilines is 2. The Balaban J connectivity index is 2.24. The van der Waals surface area contributed by atoms with Gasteiger partial charge in [0.25, 0.3) is 0 Å². The van der Waals surface area contributed by atoms with Crippen molar-refractivity contribution in [2.75, 3.05) is 5.32 Å². The normalized spacial score (nSPS) is 10.3. The van der Waals surface area contributed by atoms with E-state index in [1.54, 1.807) is 0 Å². The predicted octanol–water partition coefficient (Wildman–Crippen LogP) is 4.57. The Kier molecular flexibility index (Phi) is 3.76. The van der Waals surface area contributed by atoms with Crippen LogP contribution in [0.1, 0.15) is 0 Å². The second kappa shape index (κ2) is 4.90. The Hall–Kier alpha value is 0.0200. The van der Waals surface area contributed by atoms with Gasteiger partial charge in [-0.05, 0) is 50.1 Å². The fourth-order valence-electron chi connectivity index (χ4n) is 0.962. The standard InChI is InChI=1S/C8H4Br3N3S/c9-4-1-2-6(5(10)3-4)12-8-14-13-7(11)15-8/h1-3H,(H,12,14). The molecule has 0 aliphatic carbocycles. The van der Waals surface area contributed by atoms with Crippen LogP contribution in [0.25, 0.3) is 0 Å². The predicted molar refractivity (Wildman–Crippen MR) is 72.7 cm³/mol. The van der Waals surface area contributed by atoms with Crippen LogP contribution < -0.4 is 5.32 Å². The van der Waals surface area contributed by atoms with Gasteiger partial charge in [-0.25, -0.2) is 0 Å². The molecule has 1 N–H and O–H groups in total. The van der Waals surface area contributed by atoms with E-state index >= 15 is 0 Å². The molecule has 0 saturated heterocycles. The first kappa shape index (κ1) is 11.5. The maximum atomic E-state index is 3.95. The highest BCUT2D eigenvalue weighted by Gasteiger charge is 2.04. The highest BCUT2D eigenvalue weighted by atomic mass is 79.9. The lowest BCUT2D eigenvalue weighted by atomic mass is 10.3. The van der Waals surface area contributed by atoms with E-state index in [2.05, 4.69) is 63.3 Å². The van der Waals surface area contributed by atoms with Gasteiger partial charge in [0.2, 0.25) is 5.13 Å². The second-order valence-electron chi connectivity index (χ2n) is 2.61. The van der Waals surface area contributed by atoms with Crippen LogP contribution >= 0.6 is 59.1 Å². The fraction of sp³-hybridized carbons (Fsp3) is 0. The van der Waals surface area contributed by atoms with Crippen LogP contribution in [0.3, 0.4) is 0 Å². The third kappa shape index (κ3) is 2.99. The average molecular weight is 414 g/mol. The lowest BCUT2D eigenvalue weighted by Crippen LogP contribution is -1.90. The summed E-state index contributed by atoms with van der Waals surface area (Å²) in [4.78, 5) is 0. The molecule has 0 fully saturated rings. The van der Waals surface area contributed by atoms with Gasteiger partial charge >= 0.3 is 0 Å². The number of hydrogen-bond acceptors (Lipinski definition) is 4. The highest BCUT2D eigenvalue weighted by Crippen LogP contribution is 2.30. The number of aromatic nitrogens is 2. The molecular weight excluding hydrogens is 410 g/mol. The van der Waals surface area contributed by atoms with Gasteiger partial charge in [-0.2, -0.15) is 0 Å². The van der Waals surface area contributed by atoms with Crippen molar-refractivity contribution in [3.63, 3.8) is 0 Å². The van der Waals surface area contributed by atoms with Crippen molar-refractivity contribution in [2.24, 2.45) is 0 Å². The van der Waals surface area contributed by atoms with E-state index < -0.39 is 0 Å². The maximum absolute atomic E-state index is 3.95. The number of rotatable bonds is 2. The van der Waals surface area contributed by atoms with Crippen LogP contribution in [0, 0.1) is 0 Å². The summed E-state index contributed by atoms with van der Waals surface area (Å²) in [5, 5.41) is 11.7. The van der Waals surface area contributed by atoms with E-state index in [0.717, 1.165) is 23.7 Å². The van der Waals surface area contributed by atoms with Crippen molar-refractivity contribution in [1.82, 2.24) is 10.2 Å². The van der Waals surface area contributed by atoms with Crippen LogP contribution in [0.15, 0.2) is 31.1 Å². The van der Waals surface area contributed by atoms with Crippen molar-refractivity contribution in [3.05, 3.63) is 31.1 Å². The molecule has 1 heterocycles. The van der Waals surface area contributed by atoms with Gasteiger partial charge < -0.3 is 5.32 Å². The lowest BCUT2D eigenvalue weighted by molar-refractivity contribution is 1.07. The summed E-state index contributed by atoms with van der Waals surface area (Å²) in [7, 11) is 0. The zero-order chi connectivity index (χ0) is 10.8. The molecule has 1 aromatic heterocycles. The van der Waals surface area contributed by atoms with E-state index in [0.29, 0.717) is 0 Å². The highest BCUT2D eigenvalue weighted by molar-refractivity contribution is 9.11. The summed E-state index contributed by atoms with van der Waals surface area (Å²) in [5.74, 6) is 0. The largest absolute Gasteiger partial charge is 0.329 e. The molecule has 0 aliphatic rings. The molecule has 2 rings (SSSR count). The van der Waals surface area contributed by atoms with Crippen LogP contribution in [0.5, 0.6) is 0 Å². The minimum absolute atomic E-state index is 0.755. The molecule has 7 heteroatoms. The SMILES string of the molecule is Brc1ccc(Nc2nnc(Br)s2)c(Br)c1. The van der Waals surface area contributed by atoms with E-state index in [9.17, 15) is 0 Å². The van der Waals surface area contributed by atoms with Gasteiger partial charge in [0.1, 0.15) is 0 Å². The first-order chi connectivity index (χ1) is 7.15. The van der Waals surface area contributed by atoms with Gasteiger partial charge in [-0.3, -0.25) is 0 Å². The van der Waals surface area contributed by atoms with Gasteiger partial charge in [0.05, 0.1) is 5.69 Å². The first-order valence-electron chi connectivity index (χ1n) is 3.86. The topological polar surface area (TPSA) is 37.8 Å². The molecule has 2 aromatic rings. The molecule has 3 nitrogen and oxygen atoms in total. The first-order valence-corrected chi connectivity index (χ1v) is 7.06. The summed E-state index contributed by atoms with van der Waals surface area (Å²) < 4.78 is 2.76. The van der Waals surface area contributed by atoms with Crippen molar-refractivity contribution in [1.29, 1.82) is 0 Å². The van der Waals surface area contributed by atoms with Crippen molar-refractivity contribution in [2.45, 2.75) is 0 Å². The van der Waals surface area contributed by atoms with Crippen LogP contribution in [0.2, 0.25) is 0 Å².